The Morgan fingerprint density at radius 1 is 1.18 bits per heavy atom. The summed E-state index contributed by atoms with van der Waals surface area (Å²) in [6.07, 6.45) is 3.33. The van der Waals surface area contributed by atoms with Gasteiger partial charge >= 0.3 is 0 Å². The van der Waals surface area contributed by atoms with Gasteiger partial charge in [0.05, 0.1) is 20.5 Å². The van der Waals surface area contributed by atoms with Gasteiger partial charge in [0.2, 0.25) is 5.91 Å². The van der Waals surface area contributed by atoms with Gasteiger partial charge < -0.3 is 19.2 Å². The summed E-state index contributed by atoms with van der Waals surface area (Å²) >= 11 is 0. The number of hydrogen-bond donors (Lipinski definition) is 1. The minimum Gasteiger partial charge on any atom is -0.496 e. The molecule has 2 aromatic carbocycles. The second-order valence-electron chi connectivity index (χ2n) is 6.53. The number of hydrogen-bond acceptors (Lipinski definition) is 4. The van der Waals surface area contributed by atoms with E-state index in [1.165, 1.54) is 0 Å². The largest absolute Gasteiger partial charge is 0.496 e. The van der Waals surface area contributed by atoms with Gasteiger partial charge in [-0.25, -0.2) is 0 Å². The number of para-hydroxylation sites is 1. The molecule has 0 spiro atoms. The van der Waals surface area contributed by atoms with Crippen LogP contribution in [0.5, 0.6) is 11.5 Å². The van der Waals surface area contributed by atoms with E-state index in [0.29, 0.717) is 12.3 Å². The maximum absolute atomic E-state index is 12.0. The molecular formula is C23H25NO4. The monoisotopic (exact) mass is 379 g/mol. The number of carbonyl (C=O) groups excluding carboxylic acids is 1. The first-order valence-electron chi connectivity index (χ1n) is 9.20. The maximum Gasteiger partial charge on any atom is 0.244 e. The molecule has 0 aliphatic rings. The van der Waals surface area contributed by atoms with Crippen molar-refractivity contribution in [2.24, 2.45) is 0 Å². The Bertz CT molecular complexity index is 1050. The Morgan fingerprint density at radius 2 is 1.93 bits per heavy atom. The van der Waals surface area contributed by atoms with E-state index in [-0.39, 0.29) is 5.91 Å². The molecule has 0 radical (unpaired) electrons. The molecule has 1 aromatic heterocycles. The van der Waals surface area contributed by atoms with Crippen molar-refractivity contribution in [3.05, 3.63) is 53.8 Å². The van der Waals surface area contributed by atoms with Crippen molar-refractivity contribution in [2.75, 3.05) is 20.8 Å². The van der Waals surface area contributed by atoms with Crippen LogP contribution in [0.25, 0.3) is 27.7 Å². The minimum atomic E-state index is -0.128. The van der Waals surface area contributed by atoms with E-state index in [4.69, 9.17) is 13.9 Å². The third-order valence-electron chi connectivity index (χ3n) is 4.77. The molecule has 0 aliphatic carbocycles. The predicted molar refractivity (Wildman–Crippen MR) is 112 cm³/mol. The van der Waals surface area contributed by atoms with Crippen LogP contribution in [0.2, 0.25) is 0 Å². The molecule has 0 unspecified atom stereocenters. The molecule has 0 fully saturated rings. The van der Waals surface area contributed by atoms with Crippen LogP contribution < -0.4 is 14.8 Å². The van der Waals surface area contributed by atoms with Crippen molar-refractivity contribution in [1.82, 2.24) is 5.32 Å². The summed E-state index contributed by atoms with van der Waals surface area (Å²) in [6, 6.07) is 9.83. The summed E-state index contributed by atoms with van der Waals surface area (Å²) in [5, 5.41) is 3.74. The summed E-state index contributed by atoms with van der Waals surface area (Å²) in [5.41, 5.74) is 5.21. The Hall–Kier alpha value is -3.21. The Labute approximate surface area is 164 Å². The van der Waals surface area contributed by atoms with Gasteiger partial charge in [-0.05, 0) is 38.5 Å². The summed E-state index contributed by atoms with van der Waals surface area (Å²) in [6.45, 7) is 6.33. The first-order chi connectivity index (χ1) is 13.5. The van der Waals surface area contributed by atoms with Crippen LogP contribution in [0.3, 0.4) is 0 Å². The molecule has 28 heavy (non-hydrogen) atoms. The fourth-order valence-corrected chi connectivity index (χ4v) is 3.45. The first-order valence-corrected chi connectivity index (χ1v) is 9.20. The number of furan rings is 1. The number of ether oxygens (including phenoxy) is 2. The third kappa shape index (κ3) is 3.48. The molecule has 1 heterocycles. The van der Waals surface area contributed by atoms with Crippen molar-refractivity contribution in [1.29, 1.82) is 0 Å². The molecule has 3 aromatic rings. The normalized spacial score (nSPS) is 11.5. The number of benzene rings is 2. The maximum atomic E-state index is 12.0. The average molecular weight is 379 g/mol. The van der Waals surface area contributed by atoms with Crippen LogP contribution in [0.4, 0.5) is 0 Å². The Kier molecular flexibility index (Phi) is 5.73. The highest BCUT2D eigenvalue weighted by Crippen LogP contribution is 2.42. The van der Waals surface area contributed by atoms with Gasteiger partial charge in [-0.2, -0.15) is 0 Å². The number of methoxy groups -OCH3 is 2. The van der Waals surface area contributed by atoms with Crippen LogP contribution in [-0.2, 0) is 4.79 Å². The van der Waals surface area contributed by atoms with Crippen LogP contribution in [0.15, 0.2) is 47.1 Å². The van der Waals surface area contributed by atoms with Crippen molar-refractivity contribution < 1.29 is 18.7 Å². The Balaban J connectivity index is 2.24. The van der Waals surface area contributed by atoms with E-state index in [9.17, 15) is 4.79 Å². The molecule has 0 saturated carbocycles. The van der Waals surface area contributed by atoms with Gasteiger partial charge in [0.25, 0.3) is 0 Å². The molecule has 5 heteroatoms. The number of carbonyl (C=O) groups is 1. The lowest BCUT2D eigenvalue weighted by Gasteiger charge is -2.13. The van der Waals surface area contributed by atoms with Gasteiger partial charge in [0, 0.05) is 40.3 Å². The van der Waals surface area contributed by atoms with Crippen molar-refractivity contribution in [2.45, 2.75) is 20.8 Å². The highest BCUT2D eigenvalue weighted by molar-refractivity contribution is 6.02. The lowest BCUT2D eigenvalue weighted by Crippen LogP contribution is -2.20. The number of amides is 1. The molecule has 0 aliphatic heterocycles. The lowest BCUT2D eigenvalue weighted by molar-refractivity contribution is -0.116. The van der Waals surface area contributed by atoms with E-state index in [1.54, 1.807) is 26.6 Å². The molecule has 0 saturated heterocycles. The Morgan fingerprint density at radius 3 is 2.61 bits per heavy atom. The number of fused-ring (bicyclic) bond motifs is 1. The molecule has 0 atom stereocenters. The highest BCUT2D eigenvalue weighted by atomic mass is 16.5. The minimum absolute atomic E-state index is 0.128. The zero-order valence-corrected chi connectivity index (χ0v) is 16.9. The molecule has 146 valence electrons. The number of rotatable bonds is 6. The van der Waals surface area contributed by atoms with Crippen LogP contribution in [-0.4, -0.2) is 26.7 Å². The smallest absolute Gasteiger partial charge is 0.244 e. The summed E-state index contributed by atoms with van der Waals surface area (Å²) in [5.74, 6) is 1.35. The fourth-order valence-electron chi connectivity index (χ4n) is 3.45. The van der Waals surface area contributed by atoms with Crippen LogP contribution >= 0.6 is 0 Å². The zero-order chi connectivity index (χ0) is 20.3. The topological polar surface area (TPSA) is 60.7 Å². The van der Waals surface area contributed by atoms with E-state index in [1.807, 2.05) is 51.1 Å². The highest BCUT2D eigenvalue weighted by Gasteiger charge is 2.20. The second kappa shape index (κ2) is 8.21. The van der Waals surface area contributed by atoms with Gasteiger partial charge in [-0.1, -0.05) is 18.2 Å². The summed E-state index contributed by atoms with van der Waals surface area (Å²) < 4.78 is 17.1. The number of nitrogens with one attached hydrogen (secondary N) is 1. The second-order valence-corrected chi connectivity index (χ2v) is 6.53. The summed E-state index contributed by atoms with van der Waals surface area (Å²) in [7, 11) is 3.28. The average Bonchev–Trinajstić information content (AvgIpc) is 3.12. The van der Waals surface area contributed by atoms with Crippen molar-refractivity contribution in [3.8, 4) is 22.6 Å². The van der Waals surface area contributed by atoms with Crippen LogP contribution in [0.1, 0.15) is 25.0 Å². The van der Waals surface area contributed by atoms with Gasteiger partial charge in [-0.15, -0.1) is 0 Å². The first kappa shape index (κ1) is 19.5. The van der Waals surface area contributed by atoms with Crippen LogP contribution in [0, 0.1) is 6.92 Å². The van der Waals surface area contributed by atoms with Gasteiger partial charge in [-0.3, -0.25) is 4.79 Å². The SMILES string of the molecule is CCNC(=O)/C=C(\C)c1cc2c(-c3ccccc3OC)coc2c(C)c1OC. The standard InChI is InChI=1S/C23H25NO4/c1-6-24-21(25)11-14(2)17-12-18-19(16-9-7-8-10-20(16)26-4)13-28-23(18)15(3)22(17)27-5/h7-13H,6H2,1-5H3,(H,24,25)/b14-11+. The fraction of sp³-hybridized carbons (Fsp3) is 0.261. The van der Waals surface area contributed by atoms with Crippen molar-refractivity contribution in [3.63, 3.8) is 0 Å². The molecule has 1 amide bonds. The molecule has 1 N–H and O–H groups in total. The van der Waals surface area contributed by atoms with E-state index >= 15 is 0 Å². The molecular weight excluding hydrogens is 354 g/mol. The molecule has 3 rings (SSSR count). The summed E-state index contributed by atoms with van der Waals surface area (Å²) in [4.78, 5) is 12.0. The molecule has 5 nitrogen and oxygen atoms in total. The van der Waals surface area contributed by atoms with Gasteiger partial charge in [0.1, 0.15) is 17.1 Å². The lowest BCUT2D eigenvalue weighted by atomic mass is 9.96. The van der Waals surface area contributed by atoms with E-state index < -0.39 is 0 Å². The number of allylic oxidation sites excluding steroid dienone is 1. The van der Waals surface area contributed by atoms with E-state index in [0.717, 1.165) is 44.5 Å². The zero-order valence-electron chi connectivity index (χ0n) is 16.9. The molecule has 0 bridgehead atoms. The van der Waals surface area contributed by atoms with Crippen molar-refractivity contribution >= 4 is 22.4 Å². The predicted octanol–water partition coefficient (Wildman–Crippen LogP) is 4.96. The number of likely N-dealkylation sites (N-methyl/N-ethyl adjacent to an activating group) is 1. The quantitative estimate of drug-likeness (QED) is 0.615. The number of aryl methyl sites for hydroxylation is 1. The third-order valence-corrected chi connectivity index (χ3v) is 4.77. The van der Waals surface area contributed by atoms with E-state index in [2.05, 4.69) is 5.32 Å². The van der Waals surface area contributed by atoms with Gasteiger partial charge in [0.15, 0.2) is 0 Å².